The van der Waals surface area contributed by atoms with E-state index in [0.29, 0.717) is 28.6 Å². The topological polar surface area (TPSA) is 124 Å². The zero-order chi connectivity index (χ0) is 25.4. The Morgan fingerprint density at radius 3 is 2.71 bits per heavy atom. The zero-order valence-electron chi connectivity index (χ0n) is 21.3. The highest BCUT2D eigenvalue weighted by molar-refractivity contribution is 7.99. The molecule has 2 N–H and O–H groups in total. The van der Waals surface area contributed by atoms with Crippen LogP contribution in [0.3, 0.4) is 0 Å². The molecule has 10 nitrogen and oxygen atoms in total. The Labute approximate surface area is 210 Å². The lowest BCUT2D eigenvalue weighted by Crippen LogP contribution is -2.28. The third-order valence-electron chi connectivity index (χ3n) is 6.18. The molecule has 1 saturated carbocycles. The Kier molecular flexibility index (Phi) is 7.40. The molecule has 0 amide bonds. The van der Waals surface area contributed by atoms with Gasteiger partial charge in [0, 0.05) is 24.3 Å². The molecule has 0 aromatic carbocycles. The average Bonchev–Trinajstić information content (AvgIpc) is 3.40. The van der Waals surface area contributed by atoms with Gasteiger partial charge >= 0.3 is 5.97 Å². The van der Waals surface area contributed by atoms with Crippen molar-refractivity contribution >= 4 is 34.7 Å². The minimum absolute atomic E-state index is 0.123. The smallest absolute Gasteiger partial charge is 0.327 e. The van der Waals surface area contributed by atoms with Crippen molar-refractivity contribution in [3.8, 4) is 0 Å². The second-order valence-electron chi connectivity index (χ2n) is 10.9. The van der Waals surface area contributed by atoms with Crippen molar-refractivity contribution in [3.63, 3.8) is 0 Å². The van der Waals surface area contributed by atoms with Crippen molar-refractivity contribution in [2.24, 2.45) is 11.3 Å². The Bertz CT molecular complexity index is 1100. The fourth-order valence-corrected chi connectivity index (χ4v) is 5.29. The number of carbonyl (C=O) groups is 1. The second kappa shape index (κ2) is 10.0. The summed E-state index contributed by atoms with van der Waals surface area (Å²) in [6, 6.07) is -0.198. The van der Waals surface area contributed by atoms with Crippen LogP contribution in [0.1, 0.15) is 66.8 Å². The SMILES string of the molecule is CCCSc1nc(NCCC(C)(C)C)c2nnn(C3CC(C=CC(=O)O)C4OC(C)(C)OC43)c2n1. The van der Waals surface area contributed by atoms with Gasteiger partial charge in [0.1, 0.15) is 6.10 Å². The summed E-state index contributed by atoms with van der Waals surface area (Å²) in [6.07, 6.45) is 4.91. The number of ether oxygens (including phenoxy) is 2. The number of thioether (sulfide) groups is 1. The molecule has 0 bridgehead atoms. The van der Waals surface area contributed by atoms with Gasteiger partial charge in [-0.15, -0.1) is 5.10 Å². The predicted molar refractivity (Wildman–Crippen MR) is 134 cm³/mol. The van der Waals surface area contributed by atoms with E-state index in [9.17, 15) is 4.79 Å². The number of nitrogens with one attached hydrogen (secondary N) is 1. The molecule has 3 heterocycles. The number of rotatable bonds is 9. The summed E-state index contributed by atoms with van der Waals surface area (Å²) in [5.74, 6) is -0.273. The second-order valence-corrected chi connectivity index (χ2v) is 11.9. The van der Waals surface area contributed by atoms with E-state index >= 15 is 0 Å². The normalized spacial score (nSPS) is 26.0. The quantitative estimate of drug-likeness (QED) is 0.290. The maximum atomic E-state index is 11.2. The van der Waals surface area contributed by atoms with Gasteiger partial charge in [0.2, 0.25) is 0 Å². The van der Waals surface area contributed by atoms with Crippen LogP contribution < -0.4 is 5.32 Å². The van der Waals surface area contributed by atoms with Crippen LogP contribution >= 0.6 is 11.8 Å². The Hall–Kier alpha value is -2.24. The number of aromatic nitrogens is 5. The van der Waals surface area contributed by atoms with Crippen LogP contribution in [-0.4, -0.2) is 66.3 Å². The number of nitrogens with zero attached hydrogens (tertiary/aromatic N) is 5. The van der Waals surface area contributed by atoms with Gasteiger partial charge in [0.05, 0.1) is 12.1 Å². The van der Waals surface area contributed by atoms with Gasteiger partial charge in [0.15, 0.2) is 27.9 Å². The van der Waals surface area contributed by atoms with E-state index in [1.54, 1.807) is 17.8 Å². The third-order valence-corrected chi connectivity index (χ3v) is 7.24. The first-order chi connectivity index (χ1) is 16.5. The summed E-state index contributed by atoms with van der Waals surface area (Å²) in [5.41, 5.74) is 1.47. The molecule has 2 fully saturated rings. The Morgan fingerprint density at radius 2 is 2.03 bits per heavy atom. The highest BCUT2D eigenvalue weighted by Crippen LogP contribution is 2.47. The largest absolute Gasteiger partial charge is 0.478 e. The molecule has 11 heteroatoms. The van der Waals surface area contributed by atoms with E-state index in [-0.39, 0.29) is 29.6 Å². The van der Waals surface area contributed by atoms with Gasteiger partial charge in [-0.2, -0.15) is 0 Å². The van der Waals surface area contributed by atoms with E-state index in [2.05, 4.69) is 43.3 Å². The highest BCUT2D eigenvalue weighted by Gasteiger charge is 2.54. The Balaban J connectivity index is 1.70. The van der Waals surface area contributed by atoms with Crippen LogP contribution in [0.5, 0.6) is 0 Å². The van der Waals surface area contributed by atoms with Crippen LogP contribution in [0.4, 0.5) is 5.82 Å². The van der Waals surface area contributed by atoms with Crippen LogP contribution in [0.25, 0.3) is 11.2 Å². The molecule has 192 valence electrons. The van der Waals surface area contributed by atoms with Crippen molar-refractivity contribution in [2.45, 2.75) is 90.0 Å². The van der Waals surface area contributed by atoms with Crippen molar-refractivity contribution in [1.29, 1.82) is 0 Å². The first-order valence-electron chi connectivity index (χ1n) is 12.2. The summed E-state index contributed by atoms with van der Waals surface area (Å²) in [4.78, 5) is 20.7. The first kappa shape index (κ1) is 25.8. The fourth-order valence-electron chi connectivity index (χ4n) is 4.60. The summed E-state index contributed by atoms with van der Waals surface area (Å²) in [7, 11) is 0. The van der Waals surface area contributed by atoms with Crippen molar-refractivity contribution in [2.75, 3.05) is 17.6 Å². The average molecular weight is 505 g/mol. The van der Waals surface area contributed by atoms with Gasteiger partial charge in [-0.1, -0.05) is 50.7 Å². The summed E-state index contributed by atoms with van der Waals surface area (Å²) in [5, 5.41) is 22.2. The molecule has 4 unspecified atom stereocenters. The molecule has 2 aliphatic rings. The van der Waals surface area contributed by atoms with Gasteiger partial charge in [-0.05, 0) is 38.5 Å². The third kappa shape index (κ3) is 5.95. The van der Waals surface area contributed by atoms with Gasteiger partial charge < -0.3 is 19.9 Å². The predicted octanol–water partition coefficient (Wildman–Crippen LogP) is 4.29. The molecule has 2 aromatic heterocycles. The number of anilines is 1. The monoisotopic (exact) mass is 504 g/mol. The maximum Gasteiger partial charge on any atom is 0.327 e. The van der Waals surface area contributed by atoms with Crippen LogP contribution in [0.2, 0.25) is 0 Å². The Morgan fingerprint density at radius 1 is 1.29 bits per heavy atom. The summed E-state index contributed by atoms with van der Waals surface area (Å²) >= 11 is 1.61. The number of carboxylic acids is 1. The van der Waals surface area contributed by atoms with Gasteiger partial charge in [0.25, 0.3) is 0 Å². The van der Waals surface area contributed by atoms with Crippen LogP contribution in [-0.2, 0) is 14.3 Å². The number of fused-ring (bicyclic) bond motifs is 2. The molecule has 1 aliphatic carbocycles. The first-order valence-corrected chi connectivity index (χ1v) is 13.2. The van der Waals surface area contributed by atoms with E-state index in [4.69, 9.17) is 24.5 Å². The molecular formula is C24H36N6O4S. The minimum Gasteiger partial charge on any atom is -0.478 e. The number of hydrogen-bond acceptors (Lipinski definition) is 9. The lowest BCUT2D eigenvalue weighted by molar-refractivity contribution is -0.158. The minimum atomic E-state index is -0.981. The van der Waals surface area contributed by atoms with Gasteiger partial charge in [-0.3, -0.25) is 0 Å². The lowest BCUT2D eigenvalue weighted by atomic mass is 9.92. The molecular weight excluding hydrogens is 468 g/mol. The number of carboxylic acid groups (broad SMARTS) is 1. The fraction of sp³-hybridized carbons (Fsp3) is 0.708. The van der Waals surface area contributed by atoms with Gasteiger partial charge in [-0.25, -0.2) is 19.4 Å². The van der Waals surface area contributed by atoms with Crippen molar-refractivity contribution in [1.82, 2.24) is 25.0 Å². The maximum absolute atomic E-state index is 11.2. The molecule has 4 rings (SSSR count). The molecule has 35 heavy (non-hydrogen) atoms. The van der Waals surface area contributed by atoms with Crippen LogP contribution in [0, 0.1) is 11.3 Å². The molecule has 1 saturated heterocycles. The molecule has 0 radical (unpaired) electrons. The lowest BCUT2D eigenvalue weighted by Gasteiger charge is -2.23. The number of hydrogen-bond donors (Lipinski definition) is 2. The van der Waals surface area contributed by atoms with Crippen molar-refractivity contribution in [3.05, 3.63) is 12.2 Å². The highest BCUT2D eigenvalue weighted by atomic mass is 32.2. The van der Waals surface area contributed by atoms with E-state index < -0.39 is 11.8 Å². The molecule has 0 spiro atoms. The van der Waals surface area contributed by atoms with Crippen molar-refractivity contribution < 1.29 is 19.4 Å². The number of aliphatic carboxylic acids is 1. The van der Waals surface area contributed by atoms with Crippen LogP contribution in [0.15, 0.2) is 17.3 Å². The zero-order valence-corrected chi connectivity index (χ0v) is 22.1. The van der Waals surface area contributed by atoms with E-state index in [1.165, 1.54) is 6.08 Å². The summed E-state index contributed by atoms with van der Waals surface area (Å²) in [6.45, 7) is 13.3. The molecule has 4 atom stereocenters. The summed E-state index contributed by atoms with van der Waals surface area (Å²) < 4.78 is 14.3. The molecule has 2 aromatic rings. The standard InChI is InChI=1S/C24H36N6O4S/c1-7-12-35-22-26-20(25-11-10-23(2,3)4)17-21(27-22)30(29-28-17)15-13-14(8-9-16(31)32)18-19(15)34-24(5,6)33-18/h8-9,14-15,18-19H,7,10-13H2,1-6H3,(H,31,32)(H,25,26,27). The molecule has 1 aliphatic heterocycles. The van der Waals surface area contributed by atoms with E-state index in [0.717, 1.165) is 25.1 Å². The van der Waals surface area contributed by atoms with E-state index in [1.807, 2.05) is 18.5 Å².